The van der Waals surface area contributed by atoms with E-state index in [0.29, 0.717) is 23.2 Å². The van der Waals surface area contributed by atoms with Gasteiger partial charge in [0.2, 0.25) is 0 Å². The lowest BCUT2D eigenvalue weighted by atomic mass is 9.94. The van der Waals surface area contributed by atoms with Crippen molar-refractivity contribution >= 4 is 30.1 Å². The predicted molar refractivity (Wildman–Crippen MR) is 102 cm³/mol. The third-order valence-corrected chi connectivity index (χ3v) is 4.82. The van der Waals surface area contributed by atoms with Crippen LogP contribution in [0.3, 0.4) is 0 Å². The van der Waals surface area contributed by atoms with E-state index in [0.717, 1.165) is 32.1 Å². The molecule has 0 saturated heterocycles. The smallest absolute Gasteiger partial charge is 0.261 e. The van der Waals surface area contributed by atoms with Gasteiger partial charge in [-0.25, -0.2) is 0 Å². The molecule has 0 spiro atoms. The number of amides is 3. The Kier molecular flexibility index (Phi) is 6.09. The molecule has 1 saturated carbocycles. The van der Waals surface area contributed by atoms with Gasteiger partial charge in [-0.15, -0.1) is 12.4 Å². The molecular weight excluding hydrogens is 354 g/mol. The zero-order valence-electron chi connectivity index (χ0n) is 15.2. The van der Waals surface area contributed by atoms with Crippen molar-refractivity contribution in [3.05, 3.63) is 34.9 Å². The van der Waals surface area contributed by atoms with Crippen molar-refractivity contribution in [2.75, 3.05) is 6.54 Å². The molecular formula is C19H26ClN3O3. The lowest BCUT2D eigenvalue weighted by Crippen LogP contribution is -2.45. The molecule has 142 valence electrons. The average molecular weight is 380 g/mol. The summed E-state index contributed by atoms with van der Waals surface area (Å²) in [5.41, 5.74) is 6.45. The van der Waals surface area contributed by atoms with E-state index in [1.165, 1.54) is 11.0 Å². The SMILES string of the molecule is CC(C)(N)CNC(=O)c1ccc2c(c1)C(=O)N(C1CCCCC1)C2=O.Cl. The van der Waals surface area contributed by atoms with Gasteiger partial charge >= 0.3 is 0 Å². The highest BCUT2D eigenvalue weighted by Gasteiger charge is 2.40. The maximum atomic E-state index is 12.8. The van der Waals surface area contributed by atoms with Gasteiger partial charge in [-0.05, 0) is 44.9 Å². The third-order valence-electron chi connectivity index (χ3n) is 4.82. The molecule has 1 fully saturated rings. The second-order valence-corrected chi connectivity index (χ2v) is 7.70. The lowest BCUT2D eigenvalue weighted by molar-refractivity contribution is 0.0549. The Balaban J connectivity index is 0.00000243. The summed E-state index contributed by atoms with van der Waals surface area (Å²) < 4.78 is 0. The van der Waals surface area contributed by atoms with Crippen LogP contribution in [-0.4, -0.2) is 40.7 Å². The van der Waals surface area contributed by atoms with Crippen LogP contribution in [0.25, 0.3) is 0 Å². The summed E-state index contributed by atoms with van der Waals surface area (Å²) in [5.74, 6) is -0.805. The number of hydrogen-bond acceptors (Lipinski definition) is 4. The number of nitrogens with zero attached hydrogens (tertiary/aromatic N) is 1. The highest BCUT2D eigenvalue weighted by Crippen LogP contribution is 2.31. The van der Waals surface area contributed by atoms with Crippen LogP contribution in [0.2, 0.25) is 0 Å². The van der Waals surface area contributed by atoms with Crippen molar-refractivity contribution in [2.24, 2.45) is 5.73 Å². The van der Waals surface area contributed by atoms with E-state index < -0.39 is 5.54 Å². The number of rotatable bonds is 4. The Hall–Kier alpha value is -1.92. The summed E-state index contributed by atoms with van der Waals surface area (Å²) in [6.07, 6.45) is 4.97. The Bertz CT molecular complexity index is 721. The number of nitrogens with two attached hydrogens (primary N) is 1. The van der Waals surface area contributed by atoms with Crippen LogP contribution < -0.4 is 11.1 Å². The third kappa shape index (κ3) is 4.07. The predicted octanol–water partition coefficient (Wildman–Crippen LogP) is 2.50. The molecule has 6 nitrogen and oxygen atoms in total. The van der Waals surface area contributed by atoms with E-state index in [1.807, 2.05) is 13.8 Å². The molecule has 2 aliphatic rings. The van der Waals surface area contributed by atoms with Crippen molar-refractivity contribution in [2.45, 2.75) is 57.5 Å². The summed E-state index contributed by atoms with van der Waals surface area (Å²) in [6.45, 7) is 3.96. The fourth-order valence-corrected chi connectivity index (χ4v) is 3.48. The molecule has 1 heterocycles. The minimum absolute atomic E-state index is 0. The molecule has 0 aromatic heterocycles. The zero-order valence-corrected chi connectivity index (χ0v) is 16.0. The summed E-state index contributed by atoms with van der Waals surface area (Å²) in [4.78, 5) is 39.1. The van der Waals surface area contributed by atoms with E-state index in [2.05, 4.69) is 5.32 Å². The second-order valence-electron chi connectivity index (χ2n) is 7.70. The molecule has 1 aliphatic carbocycles. The first-order chi connectivity index (χ1) is 11.8. The number of benzene rings is 1. The topological polar surface area (TPSA) is 92.5 Å². The number of imide groups is 1. The number of hydrogen-bond donors (Lipinski definition) is 2. The van der Waals surface area contributed by atoms with Crippen molar-refractivity contribution < 1.29 is 14.4 Å². The maximum Gasteiger partial charge on any atom is 0.261 e. The van der Waals surface area contributed by atoms with Gasteiger partial charge in [-0.3, -0.25) is 19.3 Å². The number of nitrogens with one attached hydrogen (secondary N) is 1. The minimum atomic E-state index is -0.518. The normalized spacial score (nSPS) is 17.7. The Morgan fingerprint density at radius 3 is 2.38 bits per heavy atom. The quantitative estimate of drug-likeness (QED) is 0.786. The van der Waals surface area contributed by atoms with E-state index in [-0.39, 0.29) is 36.2 Å². The molecule has 3 rings (SSSR count). The van der Waals surface area contributed by atoms with Crippen LogP contribution in [0.4, 0.5) is 0 Å². The van der Waals surface area contributed by atoms with Crippen LogP contribution in [-0.2, 0) is 0 Å². The molecule has 0 unspecified atom stereocenters. The summed E-state index contributed by atoms with van der Waals surface area (Å²) in [6, 6.07) is 4.68. The van der Waals surface area contributed by atoms with Gasteiger partial charge in [0.1, 0.15) is 0 Å². The average Bonchev–Trinajstić information content (AvgIpc) is 2.83. The van der Waals surface area contributed by atoms with Gasteiger partial charge in [-0.1, -0.05) is 19.3 Å². The number of halogens is 1. The Morgan fingerprint density at radius 2 is 1.77 bits per heavy atom. The highest BCUT2D eigenvalue weighted by molar-refractivity contribution is 6.22. The first-order valence-electron chi connectivity index (χ1n) is 8.87. The molecule has 0 bridgehead atoms. The van der Waals surface area contributed by atoms with Gasteiger partial charge in [0.15, 0.2) is 0 Å². The van der Waals surface area contributed by atoms with Crippen LogP contribution >= 0.6 is 12.4 Å². The van der Waals surface area contributed by atoms with Crippen LogP contribution in [0.15, 0.2) is 18.2 Å². The minimum Gasteiger partial charge on any atom is -0.350 e. The Labute approximate surface area is 159 Å². The number of carbonyl (C=O) groups excluding carboxylic acids is 3. The standard InChI is InChI=1S/C19H25N3O3.ClH/c1-19(2,20)11-21-16(23)12-8-9-14-15(10-12)18(25)22(17(14)24)13-6-4-3-5-7-13;/h8-10,13H,3-7,11,20H2,1-2H3,(H,21,23);1H. The molecule has 1 aromatic rings. The highest BCUT2D eigenvalue weighted by atomic mass is 35.5. The largest absolute Gasteiger partial charge is 0.350 e. The van der Waals surface area contributed by atoms with Gasteiger partial charge < -0.3 is 11.1 Å². The molecule has 3 amide bonds. The fourth-order valence-electron chi connectivity index (χ4n) is 3.48. The number of carbonyl (C=O) groups is 3. The van der Waals surface area contributed by atoms with Gasteiger partial charge in [-0.2, -0.15) is 0 Å². The summed E-state index contributed by atoms with van der Waals surface area (Å²) >= 11 is 0. The fraction of sp³-hybridized carbons (Fsp3) is 0.526. The van der Waals surface area contributed by atoms with Crippen LogP contribution in [0.1, 0.15) is 77.0 Å². The van der Waals surface area contributed by atoms with E-state index in [4.69, 9.17) is 5.73 Å². The zero-order chi connectivity index (χ0) is 18.2. The maximum absolute atomic E-state index is 12.8. The summed E-state index contributed by atoms with van der Waals surface area (Å²) in [5, 5.41) is 2.76. The number of fused-ring (bicyclic) bond motifs is 1. The van der Waals surface area contributed by atoms with Crippen LogP contribution in [0.5, 0.6) is 0 Å². The molecule has 7 heteroatoms. The van der Waals surface area contributed by atoms with Gasteiger partial charge in [0, 0.05) is 23.7 Å². The van der Waals surface area contributed by atoms with Crippen molar-refractivity contribution in [1.29, 1.82) is 0 Å². The lowest BCUT2D eigenvalue weighted by Gasteiger charge is -2.29. The summed E-state index contributed by atoms with van der Waals surface area (Å²) in [7, 11) is 0. The molecule has 1 aromatic carbocycles. The molecule has 3 N–H and O–H groups in total. The molecule has 26 heavy (non-hydrogen) atoms. The van der Waals surface area contributed by atoms with Crippen molar-refractivity contribution in [3.8, 4) is 0 Å². The van der Waals surface area contributed by atoms with Crippen molar-refractivity contribution in [3.63, 3.8) is 0 Å². The van der Waals surface area contributed by atoms with Crippen LogP contribution in [0, 0.1) is 0 Å². The molecule has 0 radical (unpaired) electrons. The van der Waals surface area contributed by atoms with E-state index in [1.54, 1.807) is 12.1 Å². The van der Waals surface area contributed by atoms with Gasteiger partial charge in [0.25, 0.3) is 17.7 Å². The first-order valence-corrected chi connectivity index (χ1v) is 8.87. The molecule has 0 atom stereocenters. The van der Waals surface area contributed by atoms with Crippen molar-refractivity contribution in [1.82, 2.24) is 10.2 Å². The van der Waals surface area contributed by atoms with E-state index in [9.17, 15) is 14.4 Å². The second kappa shape index (κ2) is 7.76. The Morgan fingerprint density at radius 1 is 1.15 bits per heavy atom. The monoisotopic (exact) mass is 379 g/mol. The first kappa shape index (κ1) is 20.4. The molecule has 1 aliphatic heterocycles. The van der Waals surface area contributed by atoms with E-state index >= 15 is 0 Å². The van der Waals surface area contributed by atoms with Gasteiger partial charge in [0.05, 0.1) is 11.1 Å².